The van der Waals surface area contributed by atoms with E-state index < -0.39 is 0 Å². The highest BCUT2D eigenvalue weighted by Gasteiger charge is 2.26. The van der Waals surface area contributed by atoms with E-state index in [9.17, 15) is 4.79 Å². The normalized spacial score (nSPS) is 17.3. The van der Waals surface area contributed by atoms with Crippen LogP contribution in [0.4, 0.5) is 0 Å². The lowest BCUT2D eigenvalue weighted by Crippen LogP contribution is -2.28. The number of hydrogen-bond acceptors (Lipinski definition) is 3. The summed E-state index contributed by atoms with van der Waals surface area (Å²) in [5.41, 5.74) is 1.61. The Labute approximate surface area is 111 Å². The van der Waals surface area contributed by atoms with E-state index in [1.54, 1.807) is 0 Å². The molecule has 0 spiro atoms. The minimum Gasteiger partial charge on any atom is -0.486 e. The Bertz CT molecular complexity index is 630. The molecule has 2 heterocycles. The van der Waals surface area contributed by atoms with Crippen LogP contribution < -0.4 is 4.74 Å². The number of nitrogens with zero attached hydrogens (tertiary/aromatic N) is 1. The van der Waals surface area contributed by atoms with Crippen molar-refractivity contribution in [2.24, 2.45) is 0 Å². The largest absolute Gasteiger partial charge is 0.486 e. The molecule has 1 unspecified atom stereocenters. The molecule has 19 heavy (non-hydrogen) atoms. The smallest absolute Gasteiger partial charge is 0.354 e. The van der Waals surface area contributed by atoms with Crippen molar-refractivity contribution in [2.45, 2.75) is 32.9 Å². The highest BCUT2D eigenvalue weighted by Crippen LogP contribution is 2.34. The van der Waals surface area contributed by atoms with Crippen molar-refractivity contribution >= 4 is 16.9 Å². The molecule has 100 valence electrons. The molecule has 0 radical (unpaired) electrons. The highest BCUT2D eigenvalue weighted by molar-refractivity contribution is 5.97. The van der Waals surface area contributed by atoms with Gasteiger partial charge in [-0.2, -0.15) is 0 Å². The summed E-state index contributed by atoms with van der Waals surface area (Å²) in [5, 5.41) is 1.02. The van der Waals surface area contributed by atoms with Crippen molar-refractivity contribution in [3.05, 3.63) is 30.0 Å². The van der Waals surface area contributed by atoms with Crippen molar-refractivity contribution in [2.75, 3.05) is 6.61 Å². The first-order valence-electron chi connectivity index (χ1n) is 6.70. The van der Waals surface area contributed by atoms with E-state index in [4.69, 9.17) is 9.47 Å². The number of hydrogen-bond donors (Lipinski definition) is 0. The van der Waals surface area contributed by atoms with Gasteiger partial charge in [-0.1, -0.05) is 19.1 Å². The second-order valence-corrected chi connectivity index (χ2v) is 4.70. The molecule has 0 saturated carbocycles. The zero-order valence-corrected chi connectivity index (χ0v) is 11.2. The van der Waals surface area contributed by atoms with E-state index in [1.165, 1.54) is 0 Å². The summed E-state index contributed by atoms with van der Waals surface area (Å²) in [6.45, 7) is 5.00. The maximum absolute atomic E-state index is 12.0. The predicted octanol–water partition coefficient (Wildman–Crippen LogP) is 2.99. The first-order chi connectivity index (χ1) is 9.24. The molecule has 0 aliphatic carbocycles. The quantitative estimate of drug-likeness (QED) is 0.796. The van der Waals surface area contributed by atoms with Gasteiger partial charge in [0, 0.05) is 5.39 Å². The fraction of sp³-hybridized carbons (Fsp3) is 0.400. The van der Waals surface area contributed by atoms with Crippen LogP contribution in [0, 0.1) is 0 Å². The Balaban J connectivity index is 2.16. The third kappa shape index (κ3) is 1.87. The molecule has 2 aromatic rings. The number of esters is 1. The van der Waals surface area contributed by atoms with E-state index in [0.29, 0.717) is 18.8 Å². The van der Waals surface area contributed by atoms with Gasteiger partial charge in [-0.05, 0) is 25.5 Å². The molecule has 0 fully saturated rings. The van der Waals surface area contributed by atoms with E-state index in [0.717, 1.165) is 23.1 Å². The van der Waals surface area contributed by atoms with Gasteiger partial charge in [0.05, 0.1) is 18.7 Å². The van der Waals surface area contributed by atoms with Crippen LogP contribution >= 0.6 is 0 Å². The zero-order chi connectivity index (χ0) is 13.4. The third-order valence-corrected chi connectivity index (χ3v) is 3.50. The Morgan fingerprint density at radius 2 is 2.32 bits per heavy atom. The van der Waals surface area contributed by atoms with Gasteiger partial charge >= 0.3 is 5.97 Å². The summed E-state index contributed by atoms with van der Waals surface area (Å²) >= 11 is 0. The summed E-state index contributed by atoms with van der Waals surface area (Å²) in [7, 11) is 0. The number of benzene rings is 1. The Morgan fingerprint density at radius 3 is 3.05 bits per heavy atom. The predicted molar refractivity (Wildman–Crippen MR) is 72.6 cm³/mol. The van der Waals surface area contributed by atoms with Crippen LogP contribution in [0.5, 0.6) is 5.75 Å². The molecular weight excluding hydrogens is 242 g/mol. The van der Waals surface area contributed by atoms with Gasteiger partial charge in [-0.3, -0.25) is 0 Å². The van der Waals surface area contributed by atoms with Crippen LogP contribution in [0.2, 0.25) is 0 Å². The molecule has 1 atom stereocenters. The zero-order valence-electron chi connectivity index (χ0n) is 11.2. The average Bonchev–Trinajstić information content (AvgIpc) is 2.80. The minimum atomic E-state index is -0.263. The molecule has 4 nitrogen and oxygen atoms in total. The molecule has 0 amide bonds. The molecule has 3 rings (SSSR count). The summed E-state index contributed by atoms with van der Waals surface area (Å²) < 4.78 is 13.1. The standard InChI is InChI=1S/C15H17NO3/c1-3-11-9-16-12(15(17)18-4-2)8-10-6-5-7-13(19-11)14(10)16/h5-8,11H,3-4,9H2,1-2H3. The van der Waals surface area contributed by atoms with Crippen LogP contribution in [0.15, 0.2) is 24.3 Å². The SMILES string of the molecule is CCOC(=O)c1cc2cccc3c2n1CC(CC)O3. The van der Waals surface area contributed by atoms with Crippen molar-refractivity contribution in [3.8, 4) is 5.75 Å². The molecule has 1 aliphatic heterocycles. The van der Waals surface area contributed by atoms with E-state index in [1.807, 2.05) is 35.8 Å². The topological polar surface area (TPSA) is 40.5 Å². The molecule has 1 aromatic carbocycles. The molecule has 0 N–H and O–H groups in total. The number of aromatic nitrogens is 1. The number of carbonyl (C=O) groups is 1. The number of ether oxygens (including phenoxy) is 2. The summed E-state index contributed by atoms with van der Waals surface area (Å²) in [5.74, 6) is 0.590. The highest BCUT2D eigenvalue weighted by atomic mass is 16.5. The van der Waals surface area contributed by atoms with Crippen molar-refractivity contribution in [1.29, 1.82) is 0 Å². The molecule has 0 saturated heterocycles. The van der Waals surface area contributed by atoms with E-state index in [-0.39, 0.29) is 12.1 Å². The van der Waals surface area contributed by atoms with Gasteiger partial charge in [-0.15, -0.1) is 0 Å². The van der Waals surface area contributed by atoms with E-state index >= 15 is 0 Å². The first-order valence-corrected chi connectivity index (χ1v) is 6.70. The van der Waals surface area contributed by atoms with Crippen molar-refractivity contribution in [3.63, 3.8) is 0 Å². The van der Waals surface area contributed by atoms with E-state index in [2.05, 4.69) is 6.92 Å². The molecule has 1 aliphatic rings. The molecule has 1 aromatic heterocycles. The second-order valence-electron chi connectivity index (χ2n) is 4.70. The summed E-state index contributed by atoms with van der Waals surface area (Å²) in [6, 6.07) is 7.79. The minimum absolute atomic E-state index is 0.110. The Hall–Kier alpha value is -1.97. The first kappa shape index (κ1) is 12.1. The Morgan fingerprint density at radius 1 is 1.47 bits per heavy atom. The van der Waals surface area contributed by atoms with Gasteiger partial charge in [0.25, 0.3) is 0 Å². The Kier molecular flexibility index (Phi) is 2.93. The number of carbonyl (C=O) groups excluding carboxylic acids is 1. The maximum atomic E-state index is 12.0. The van der Waals surface area contributed by atoms with Crippen molar-refractivity contribution < 1.29 is 14.3 Å². The fourth-order valence-electron chi connectivity index (χ4n) is 2.58. The van der Waals surface area contributed by atoms with Crippen molar-refractivity contribution in [1.82, 2.24) is 4.57 Å². The van der Waals surface area contributed by atoms with Crippen LogP contribution in [-0.4, -0.2) is 23.2 Å². The van der Waals surface area contributed by atoms with Crippen LogP contribution in [0.3, 0.4) is 0 Å². The van der Waals surface area contributed by atoms with Gasteiger partial charge in [-0.25, -0.2) is 4.79 Å². The lowest BCUT2D eigenvalue weighted by atomic mass is 10.2. The average molecular weight is 259 g/mol. The second kappa shape index (κ2) is 4.61. The lowest BCUT2D eigenvalue weighted by molar-refractivity contribution is 0.0509. The summed E-state index contributed by atoms with van der Waals surface area (Å²) in [4.78, 5) is 12.0. The van der Waals surface area contributed by atoms with Crippen LogP contribution in [-0.2, 0) is 11.3 Å². The van der Waals surface area contributed by atoms with Gasteiger partial charge in [0.15, 0.2) is 0 Å². The molecule has 0 bridgehead atoms. The number of rotatable bonds is 3. The summed E-state index contributed by atoms with van der Waals surface area (Å²) in [6.07, 6.45) is 1.02. The lowest BCUT2D eigenvalue weighted by Gasteiger charge is -2.26. The number of para-hydroxylation sites is 1. The third-order valence-electron chi connectivity index (χ3n) is 3.50. The molecule has 4 heteroatoms. The van der Waals surface area contributed by atoms with Crippen LogP contribution in [0.25, 0.3) is 10.9 Å². The van der Waals surface area contributed by atoms with Gasteiger partial charge in [0.1, 0.15) is 17.5 Å². The molecular formula is C15H17NO3. The van der Waals surface area contributed by atoms with Gasteiger partial charge < -0.3 is 14.0 Å². The monoisotopic (exact) mass is 259 g/mol. The fourth-order valence-corrected chi connectivity index (χ4v) is 2.58. The maximum Gasteiger partial charge on any atom is 0.354 e. The van der Waals surface area contributed by atoms with Gasteiger partial charge in [0.2, 0.25) is 0 Å². The van der Waals surface area contributed by atoms with Crippen LogP contribution in [0.1, 0.15) is 30.8 Å².